The smallest absolute Gasteiger partial charge is 0.255 e. The molecule has 0 radical (unpaired) electrons. The Morgan fingerprint density at radius 2 is 1.73 bits per heavy atom. The zero-order valence-electron chi connectivity index (χ0n) is 16.1. The van der Waals surface area contributed by atoms with E-state index in [1.54, 1.807) is 0 Å². The minimum absolute atomic E-state index is 0.0279. The summed E-state index contributed by atoms with van der Waals surface area (Å²) < 4.78 is 67.8. The average molecular weight is 442 g/mol. The van der Waals surface area contributed by atoms with Crippen molar-refractivity contribution in [1.29, 1.82) is 0 Å². The summed E-state index contributed by atoms with van der Waals surface area (Å²) in [6, 6.07) is 5.57. The van der Waals surface area contributed by atoms with Gasteiger partial charge >= 0.3 is 0 Å². The van der Waals surface area contributed by atoms with E-state index in [0.29, 0.717) is 12.8 Å². The molecule has 0 saturated carbocycles. The number of β-amino-alcohol motifs (C(OH)–C–C–N with tert-alkyl or cyclic N) is 1. The molecule has 2 N–H and O–H groups in total. The van der Waals surface area contributed by atoms with Crippen LogP contribution in [0.25, 0.3) is 0 Å². The fourth-order valence-corrected chi connectivity index (χ4v) is 4.96. The number of aliphatic hydroxyl groups is 1. The van der Waals surface area contributed by atoms with E-state index in [-0.39, 0.29) is 30.3 Å². The lowest BCUT2D eigenvalue weighted by Crippen LogP contribution is -2.38. The fourth-order valence-electron chi connectivity index (χ4n) is 3.27. The number of rotatable bonds is 4. The number of nitrogens with one attached hydrogen (secondary N) is 1. The van der Waals surface area contributed by atoms with Gasteiger partial charge in [0.15, 0.2) is 11.6 Å². The van der Waals surface area contributed by atoms with Gasteiger partial charge in [0.25, 0.3) is 5.91 Å². The van der Waals surface area contributed by atoms with Gasteiger partial charge in [-0.05, 0) is 49.1 Å². The Kier molecular flexibility index (Phi) is 6.49. The van der Waals surface area contributed by atoms with E-state index < -0.39 is 44.4 Å². The van der Waals surface area contributed by atoms with Crippen molar-refractivity contribution in [2.24, 2.45) is 5.92 Å². The number of amides is 1. The number of benzene rings is 2. The summed E-state index contributed by atoms with van der Waals surface area (Å²) in [7, 11) is -4.31. The second kappa shape index (κ2) is 8.75. The Bertz CT molecular complexity index is 1050. The molecule has 162 valence electrons. The molecule has 1 amide bonds. The first-order valence-corrected chi connectivity index (χ1v) is 10.8. The van der Waals surface area contributed by atoms with Gasteiger partial charge in [-0.1, -0.05) is 6.92 Å². The van der Waals surface area contributed by atoms with Gasteiger partial charge in [-0.15, -0.1) is 0 Å². The zero-order valence-corrected chi connectivity index (χ0v) is 16.9. The van der Waals surface area contributed by atoms with E-state index >= 15 is 0 Å². The highest BCUT2D eigenvalue weighted by Gasteiger charge is 2.33. The highest BCUT2D eigenvalue weighted by atomic mass is 32.2. The summed E-state index contributed by atoms with van der Waals surface area (Å²) in [5.74, 6) is -4.13. The van der Waals surface area contributed by atoms with Crippen molar-refractivity contribution in [2.45, 2.75) is 30.8 Å². The number of aliphatic hydroxyl groups excluding tert-OH is 1. The first-order valence-electron chi connectivity index (χ1n) is 9.32. The van der Waals surface area contributed by atoms with Gasteiger partial charge in [-0.2, -0.15) is 4.31 Å². The molecule has 0 spiro atoms. The van der Waals surface area contributed by atoms with Gasteiger partial charge in [-0.25, -0.2) is 21.6 Å². The third-order valence-electron chi connectivity index (χ3n) is 4.91. The fraction of sp³-hybridized carbons (Fsp3) is 0.350. The van der Waals surface area contributed by atoms with Crippen molar-refractivity contribution in [3.8, 4) is 0 Å². The molecule has 0 aliphatic carbocycles. The predicted molar refractivity (Wildman–Crippen MR) is 104 cm³/mol. The molecule has 2 unspecified atom stereocenters. The Morgan fingerprint density at radius 1 is 1.03 bits per heavy atom. The van der Waals surface area contributed by atoms with Crippen molar-refractivity contribution < 1.29 is 31.5 Å². The Morgan fingerprint density at radius 3 is 2.43 bits per heavy atom. The molecule has 0 bridgehead atoms. The maximum Gasteiger partial charge on any atom is 0.255 e. The van der Waals surface area contributed by atoms with Crippen LogP contribution in [0.3, 0.4) is 0 Å². The van der Waals surface area contributed by atoms with Crippen molar-refractivity contribution >= 4 is 21.6 Å². The van der Waals surface area contributed by atoms with Gasteiger partial charge in [0.2, 0.25) is 10.0 Å². The zero-order chi connectivity index (χ0) is 22.1. The molecule has 0 aromatic heterocycles. The van der Waals surface area contributed by atoms with Crippen LogP contribution in [0, 0.1) is 23.4 Å². The van der Waals surface area contributed by atoms with E-state index in [4.69, 9.17) is 0 Å². The highest BCUT2D eigenvalue weighted by Crippen LogP contribution is 2.26. The maximum atomic E-state index is 14.4. The van der Waals surface area contributed by atoms with Crippen LogP contribution >= 0.6 is 0 Å². The van der Waals surface area contributed by atoms with Crippen LogP contribution in [0.5, 0.6) is 0 Å². The lowest BCUT2D eigenvalue weighted by molar-refractivity contribution is 0.102. The third kappa shape index (κ3) is 4.82. The summed E-state index contributed by atoms with van der Waals surface area (Å²) >= 11 is 0. The van der Waals surface area contributed by atoms with Crippen LogP contribution in [-0.4, -0.2) is 42.9 Å². The van der Waals surface area contributed by atoms with Crippen LogP contribution in [0.4, 0.5) is 18.9 Å². The molecular weight excluding hydrogens is 421 g/mol. The van der Waals surface area contributed by atoms with Crippen LogP contribution in [0.15, 0.2) is 41.3 Å². The van der Waals surface area contributed by atoms with E-state index in [0.717, 1.165) is 40.7 Å². The van der Waals surface area contributed by atoms with Gasteiger partial charge in [0.1, 0.15) is 10.7 Å². The first kappa shape index (κ1) is 22.3. The maximum absolute atomic E-state index is 14.4. The van der Waals surface area contributed by atoms with Crippen molar-refractivity contribution in [3.63, 3.8) is 0 Å². The molecule has 10 heteroatoms. The summed E-state index contributed by atoms with van der Waals surface area (Å²) in [4.78, 5) is 11.7. The quantitative estimate of drug-likeness (QED) is 0.762. The molecule has 1 saturated heterocycles. The monoisotopic (exact) mass is 442 g/mol. The van der Waals surface area contributed by atoms with E-state index in [2.05, 4.69) is 5.32 Å². The summed E-state index contributed by atoms with van der Waals surface area (Å²) in [5, 5.41) is 12.3. The molecule has 2 aromatic rings. The molecule has 3 rings (SSSR count). The first-order chi connectivity index (χ1) is 14.1. The Labute approximate surface area is 172 Å². The number of sulfonamides is 1. The van der Waals surface area contributed by atoms with Crippen molar-refractivity contribution in [3.05, 3.63) is 59.4 Å². The number of anilines is 1. The number of carbonyl (C=O) groups is 1. The lowest BCUT2D eigenvalue weighted by Gasteiger charge is -2.23. The normalized spacial score (nSPS) is 20.6. The van der Waals surface area contributed by atoms with Crippen LogP contribution < -0.4 is 5.32 Å². The van der Waals surface area contributed by atoms with E-state index in [1.165, 1.54) is 0 Å². The molecule has 2 atom stereocenters. The van der Waals surface area contributed by atoms with Crippen molar-refractivity contribution in [1.82, 2.24) is 4.31 Å². The number of hydrogen-bond acceptors (Lipinski definition) is 4. The van der Waals surface area contributed by atoms with Gasteiger partial charge in [-0.3, -0.25) is 4.79 Å². The van der Waals surface area contributed by atoms with Crippen LogP contribution in [0.2, 0.25) is 0 Å². The van der Waals surface area contributed by atoms with Gasteiger partial charge in [0.05, 0.1) is 6.10 Å². The average Bonchev–Trinajstić information content (AvgIpc) is 2.86. The second-order valence-electron chi connectivity index (χ2n) is 7.39. The molecule has 1 heterocycles. The Hall–Kier alpha value is -2.43. The number of hydrogen-bond donors (Lipinski definition) is 2. The SMILES string of the molecule is CC1CCC(O)CN(S(=O)(=O)c2cc(C(=O)Nc3ccc(F)c(F)c3)ccc2F)C1. The summed E-state index contributed by atoms with van der Waals surface area (Å²) in [6.45, 7) is 1.78. The highest BCUT2D eigenvalue weighted by molar-refractivity contribution is 7.89. The summed E-state index contributed by atoms with van der Waals surface area (Å²) in [6.07, 6.45) is 0.200. The molecule has 1 aliphatic rings. The van der Waals surface area contributed by atoms with Gasteiger partial charge in [0, 0.05) is 30.4 Å². The summed E-state index contributed by atoms with van der Waals surface area (Å²) in [5.41, 5.74) is -0.222. The number of nitrogens with zero attached hydrogens (tertiary/aromatic N) is 1. The minimum atomic E-state index is -4.31. The second-order valence-corrected chi connectivity index (χ2v) is 9.29. The number of halogens is 3. The number of carbonyl (C=O) groups excluding carboxylic acids is 1. The predicted octanol–water partition coefficient (Wildman–Crippen LogP) is 3.14. The molecule has 2 aromatic carbocycles. The topological polar surface area (TPSA) is 86.7 Å². The van der Waals surface area contributed by atoms with Crippen LogP contribution in [0.1, 0.15) is 30.1 Å². The third-order valence-corrected chi connectivity index (χ3v) is 6.76. The van der Waals surface area contributed by atoms with Crippen LogP contribution in [-0.2, 0) is 10.0 Å². The van der Waals surface area contributed by atoms with Gasteiger partial charge < -0.3 is 10.4 Å². The standard InChI is InChI=1S/C20H21F3N2O4S/c1-12-2-5-15(26)11-25(10-12)30(28,29)19-8-13(3-6-17(19)22)20(27)24-14-4-7-16(21)18(23)9-14/h3-4,6-9,12,15,26H,2,5,10-11H2,1H3,(H,24,27). The molecule has 30 heavy (non-hydrogen) atoms. The van der Waals surface area contributed by atoms with E-state index in [9.17, 15) is 31.5 Å². The Balaban J connectivity index is 1.90. The minimum Gasteiger partial charge on any atom is -0.392 e. The van der Waals surface area contributed by atoms with Crippen molar-refractivity contribution in [2.75, 3.05) is 18.4 Å². The largest absolute Gasteiger partial charge is 0.392 e. The lowest BCUT2D eigenvalue weighted by atomic mass is 10.1. The molecule has 1 aliphatic heterocycles. The molecule has 1 fully saturated rings. The molecular formula is C20H21F3N2O4S. The molecule has 6 nitrogen and oxygen atoms in total. The van der Waals surface area contributed by atoms with E-state index in [1.807, 2.05) is 6.92 Å².